The number of fused-ring (bicyclic) bond motifs is 2. The number of aromatic nitrogens is 1. The fourth-order valence-electron chi connectivity index (χ4n) is 5.54. The Bertz CT molecular complexity index is 2280. The van der Waals surface area contributed by atoms with Gasteiger partial charge in [-0.25, -0.2) is 9.79 Å². The van der Waals surface area contributed by atoms with Crippen molar-refractivity contribution in [3.8, 4) is 11.5 Å². The van der Waals surface area contributed by atoms with Crippen LogP contribution in [0.1, 0.15) is 29.7 Å². The first-order valence-corrected chi connectivity index (χ1v) is 16.1. The van der Waals surface area contributed by atoms with Crippen molar-refractivity contribution in [1.29, 1.82) is 0 Å². The zero-order chi connectivity index (χ0) is 34.2. The average molecular weight is 714 g/mol. The molecule has 0 amide bonds. The Hall–Kier alpha value is -4.58. The molecule has 7 nitrogen and oxygen atoms in total. The minimum atomic E-state index is -5.07. The molecule has 5 aromatic rings. The Balaban J connectivity index is 1.61. The minimum absolute atomic E-state index is 0.0273. The number of ether oxygens (including phenoxy) is 3. The average Bonchev–Trinajstić information content (AvgIpc) is 3.37. The second kappa shape index (κ2) is 13.5. The van der Waals surface area contributed by atoms with Gasteiger partial charge in [0.2, 0.25) is 0 Å². The number of alkyl halides is 3. The van der Waals surface area contributed by atoms with Gasteiger partial charge < -0.3 is 14.2 Å². The van der Waals surface area contributed by atoms with Crippen molar-refractivity contribution in [3.63, 3.8) is 0 Å². The molecule has 0 radical (unpaired) electrons. The van der Waals surface area contributed by atoms with E-state index in [2.05, 4.69) is 4.99 Å². The maximum atomic E-state index is 14.8. The number of nitrogens with zero attached hydrogens (tertiary/aromatic N) is 2. The van der Waals surface area contributed by atoms with E-state index in [-0.39, 0.29) is 33.9 Å². The summed E-state index contributed by atoms with van der Waals surface area (Å²) in [5, 5.41) is 2.01. The van der Waals surface area contributed by atoms with E-state index in [0.29, 0.717) is 32.1 Å². The summed E-state index contributed by atoms with van der Waals surface area (Å²) in [6, 6.07) is 20.6. The number of allylic oxidation sites excluding steroid dienone is 1. The van der Waals surface area contributed by atoms with Gasteiger partial charge in [0.05, 0.1) is 23.8 Å². The Morgan fingerprint density at radius 2 is 1.75 bits per heavy atom. The predicted molar refractivity (Wildman–Crippen MR) is 179 cm³/mol. The van der Waals surface area contributed by atoms with Crippen molar-refractivity contribution in [2.24, 2.45) is 4.99 Å². The normalized spacial score (nSPS) is 14.9. The lowest BCUT2D eigenvalue weighted by molar-refractivity contribution is -0.140. The van der Waals surface area contributed by atoms with Crippen LogP contribution in [0.2, 0.25) is 10.0 Å². The topological polar surface area (TPSA) is 79.1 Å². The van der Waals surface area contributed by atoms with Crippen LogP contribution in [-0.4, -0.2) is 30.4 Å². The highest BCUT2D eigenvalue weighted by atomic mass is 35.5. The number of hydrogen-bond donors (Lipinski definition) is 0. The van der Waals surface area contributed by atoms with Crippen molar-refractivity contribution < 1.29 is 32.2 Å². The molecule has 1 aliphatic heterocycles. The molecule has 0 N–H and O–H groups in total. The molecule has 0 fully saturated rings. The molecular formula is C35H25Cl2F3N2O5S. The smallest absolute Gasteiger partial charge is 0.434 e. The van der Waals surface area contributed by atoms with Crippen molar-refractivity contribution in [1.82, 2.24) is 4.57 Å². The molecule has 1 aliphatic rings. The van der Waals surface area contributed by atoms with Gasteiger partial charge in [-0.2, -0.15) is 13.2 Å². The molecular weight excluding hydrogens is 688 g/mol. The van der Waals surface area contributed by atoms with Crippen LogP contribution >= 0.6 is 34.5 Å². The number of benzene rings is 4. The predicted octanol–water partition coefficient (Wildman–Crippen LogP) is 7.39. The zero-order valence-electron chi connectivity index (χ0n) is 25.3. The third-order valence-corrected chi connectivity index (χ3v) is 9.01. The van der Waals surface area contributed by atoms with E-state index >= 15 is 0 Å². The number of hydrogen-bond acceptors (Lipinski definition) is 7. The highest BCUT2D eigenvalue weighted by Gasteiger charge is 2.46. The van der Waals surface area contributed by atoms with Crippen LogP contribution in [0.3, 0.4) is 0 Å². The third kappa shape index (κ3) is 6.45. The van der Waals surface area contributed by atoms with Crippen LogP contribution < -0.4 is 24.4 Å². The van der Waals surface area contributed by atoms with Gasteiger partial charge in [0.15, 0.2) is 10.5 Å². The summed E-state index contributed by atoms with van der Waals surface area (Å²) in [7, 11) is 1.36. The SMILES string of the molecule is CCOC(=O)C1=C(C(F)(F)F)N=c2s/c(=C\c3cc(Cl)ccc3OCc3cccc(Cl)c3)c(=O)n2[C@H]1c1c(OC)ccc2ccccc12. The summed E-state index contributed by atoms with van der Waals surface area (Å²) in [4.78, 5) is 31.4. The van der Waals surface area contributed by atoms with Gasteiger partial charge in [0.1, 0.15) is 24.1 Å². The van der Waals surface area contributed by atoms with Gasteiger partial charge in [0.25, 0.3) is 5.56 Å². The maximum absolute atomic E-state index is 14.8. The molecule has 0 aliphatic carbocycles. The summed E-state index contributed by atoms with van der Waals surface area (Å²) in [6.45, 7) is 1.42. The highest BCUT2D eigenvalue weighted by Crippen LogP contribution is 2.43. The largest absolute Gasteiger partial charge is 0.496 e. The fraction of sp³-hybridized carbons (Fsp3) is 0.171. The second-order valence-electron chi connectivity index (χ2n) is 10.6. The van der Waals surface area contributed by atoms with Gasteiger partial charge in [-0.05, 0) is 65.7 Å². The minimum Gasteiger partial charge on any atom is -0.496 e. The third-order valence-electron chi connectivity index (χ3n) is 7.56. The molecule has 0 bridgehead atoms. The number of carbonyl (C=O) groups is 1. The summed E-state index contributed by atoms with van der Waals surface area (Å²) in [5.41, 5.74) is -1.61. The molecule has 0 unspecified atom stereocenters. The summed E-state index contributed by atoms with van der Waals surface area (Å²) >= 11 is 13.2. The van der Waals surface area contributed by atoms with E-state index in [1.54, 1.807) is 72.8 Å². The van der Waals surface area contributed by atoms with Crippen LogP contribution in [0.5, 0.6) is 11.5 Å². The lowest BCUT2D eigenvalue weighted by Crippen LogP contribution is -2.41. The van der Waals surface area contributed by atoms with Crippen molar-refractivity contribution in [2.45, 2.75) is 25.7 Å². The molecule has 0 spiro atoms. The number of rotatable bonds is 8. The van der Waals surface area contributed by atoms with Gasteiger partial charge in [-0.15, -0.1) is 0 Å². The van der Waals surface area contributed by atoms with Crippen LogP contribution in [0, 0.1) is 0 Å². The zero-order valence-corrected chi connectivity index (χ0v) is 27.6. The van der Waals surface area contributed by atoms with E-state index in [0.717, 1.165) is 21.5 Å². The Morgan fingerprint density at radius 3 is 2.48 bits per heavy atom. The molecule has 48 heavy (non-hydrogen) atoms. The number of halogens is 5. The maximum Gasteiger partial charge on any atom is 0.434 e. The van der Waals surface area contributed by atoms with Crippen molar-refractivity contribution in [2.75, 3.05) is 13.7 Å². The first-order valence-electron chi connectivity index (χ1n) is 14.5. The van der Waals surface area contributed by atoms with Gasteiger partial charge in [-0.3, -0.25) is 9.36 Å². The van der Waals surface area contributed by atoms with E-state index in [1.165, 1.54) is 20.1 Å². The van der Waals surface area contributed by atoms with Gasteiger partial charge in [0, 0.05) is 21.2 Å². The molecule has 0 saturated carbocycles. The number of carbonyl (C=O) groups excluding carboxylic acids is 1. The lowest BCUT2D eigenvalue weighted by Gasteiger charge is -2.28. The van der Waals surface area contributed by atoms with E-state index in [1.807, 2.05) is 6.07 Å². The summed E-state index contributed by atoms with van der Waals surface area (Å²) < 4.78 is 62.2. The molecule has 1 atom stereocenters. The standard InChI is InChI=1S/C35H25Cl2F3N2O5S/c1-3-46-33(44)29-30(28-24-10-5-4-8-20(24)11-13-26(28)45-2)42-32(43)27(48-34(42)41-31(29)35(38,39)40)17-21-16-23(37)12-14-25(21)47-18-19-7-6-9-22(36)15-19/h4-17,30H,3,18H2,1-2H3/b27-17-/t30-/m0/s1. The fourth-order valence-corrected chi connectivity index (χ4v) is 6.93. The molecule has 13 heteroatoms. The summed E-state index contributed by atoms with van der Waals surface area (Å²) in [5.74, 6) is -0.722. The van der Waals surface area contributed by atoms with Crippen LogP contribution in [0.25, 0.3) is 16.8 Å². The van der Waals surface area contributed by atoms with E-state index in [9.17, 15) is 22.8 Å². The second-order valence-corrected chi connectivity index (χ2v) is 12.4. The molecule has 6 rings (SSSR count). The monoisotopic (exact) mass is 712 g/mol. The lowest BCUT2D eigenvalue weighted by atomic mass is 9.90. The Kier molecular flexibility index (Phi) is 9.37. The number of thiazole rings is 1. The molecule has 4 aromatic carbocycles. The first kappa shape index (κ1) is 33.3. The van der Waals surface area contributed by atoms with Crippen molar-refractivity contribution in [3.05, 3.63) is 137 Å². The Labute approximate surface area is 285 Å². The van der Waals surface area contributed by atoms with E-state index < -0.39 is 35.0 Å². The quantitative estimate of drug-likeness (QED) is 0.157. The van der Waals surface area contributed by atoms with Crippen LogP contribution in [0.15, 0.2) is 99.9 Å². The Morgan fingerprint density at radius 1 is 1.00 bits per heavy atom. The van der Waals surface area contributed by atoms with Crippen LogP contribution in [-0.2, 0) is 16.1 Å². The number of methoxy groups -OCH3 is 1. The molecule has 0 saturated heterocycles. The van der Waals surface area contributed by atoms with Crippen LogP contribution in [0.4, 0.5) is 13.2 Å². The van der Waals surface area contributed by atoms with Crippen molar-refractivity contribution >= 4 is 57.4 Å². The molecule has 246 valence electrons. The van der Waals surface area contributed by atoms with E-state index in [4.69, 9.17) is 37.4 Å². The van der Waals surface area contributed by atoms with Gasteiger partial charge in [-0.1, -0.05) is 77.0 Å². The number of esters is 1. The summed E-state index contributed by atoms with van der Waals surface area (Å²) in [6.07, 6.45) is -3.59. The molecule has 2 heterocycles. The molecule has 1 aromatic heterocycles. The van der Waals surface area contributed by atoms with Gasteiger partial charge >= 0.3 is 12.1 Å². The first-order chi connectivity index (χ1) is 23.0. The highest BCUT2D eigenvalue weighted by molar-refractivity contribution is 7.07.